The van der Waals surface area contributed by atoms with E-state index >= 15 is 0 Å². The van der Waals surface area contributed by atoms with Gasteiger partial charge in [0.05, 0.1) is 38.1 Å². The SMILES string of the molecule is COC(=O)CCCCCCCCO[C@@H]1O[C@H](COCc2ccccc2)[C@@H](O[C@@H]2O[C@@H]3COC(c4ccccc4)O[C@@H]3[C@H](OC(=O)c3ccccc3)[C@H]2OC(=O)c2ccccc2)[C@H](O)[C@H]1NC(C)=O. The lowest BCUT2D eigenvalue weighted by atomic mass is 9.94. The van der Waals surface area contributed by atoms with Crippen LogP contribution in [0.3, 0.4) is 0 Å². The van der Waals surface area contributed by atoms with Gasteiger partial charge in [0.15, 0.2) is 31.1 Å². The van der Waals surface area contributed by atoms with Crippen molar-refractivity contribution in [2.45, 2.75) is 126 Å². The Morgan fingerprint density at radius 2 is 1.26 bits per heavy atom. The number of carbonyl (C=O) groups excluding carboxylic acids is 4. The van der Waals surface area contributed by atoms with Crippen LogP contribution >= 0.6 is 0 Å². The molecule has 1 unspecified atom stereocenters. The zero-order valence-electron chi connectivity index (χ0n) is 38.3. The largest absolute Gasteiger partial charge is 0.469 e. The zero-order chi connectivity index (χ0) is 47.7. The number of hydrogen-bond acceptors (Lipinski definition) is 15. The van der Waals surface area contributed by atoms with Crippen LogP contribution < -0.4 is 5.32 Å². The summed E-state index contributed by atoms with van der Waals surface area (Å²) < 4.78 is 62.4. The molecule has 3 fully saturated rings. The Balaban J connectivity index is 1.16. The van der Waals surface area contributed by atoms with E-state index in [4.69, 9.17) is 47.4 Å². The van der Waals surface area contributed by atoms with E-state index in [1.54, 1.807) is 60.7 Å². The number of ether oxygens (including phenoxy) is 10. The topological polar surface area (TPSA) is 193 Å². The van der Waals surface area contributed by atoms with Crippen molar-refractivity contribution in [2.24, 2.45) is 0 Å². The molecule has 16 heteroatoms. The lowest BCUT2D eigenvalue weighted by molar-refractivity contribution is -0.379. The third-order valence-electron chi connectivity index (χ3n) is 11.9. The van der Waals surface area contributed by atoms with E-state index in [0.717, 1.165) is 37.7 Å². The van der Waals surface area contributed by atoms with Crippen molar-refractivity contribution in [3.05, 3.63) is 144 Å². The Hall–Kier alpha value is -5.56. The molecule has 3 heterocycles. The van der Waals surface area contributed by atoms with Crippen LogP contribution in [0, 0.1) is 0 Å². The summed E-state index contributed by atoms with van der Waals surface area (Å²) >= 11 is 0. The van der Waals surface area contributed by atoms with Gasteiger partial charge in [0.1, 0.15) is 36.6 Å². The number of esters is 3. The van der Waals surface area contributed by atoms with Crippen molar-refractivity contribution in [3.8, 4) is 0 Å². The van der Waals surface area contributed by atoms with Crippen LogP contribution in [0.4, 0.5) is 0 Å². The van der Waals surface area contributed by atoms with E-state index in [9.17, 15) is 24.3 Å². The van der Waals surface area contributed by atoms with Crippen LogP contribution in [0.15, 0.2) is 121 Å². The first kappa shape index (κ1) is 50.3. The molecule has 7 rings (SSSR count). The fourth-order valence-electron chi connectivity index (χ4n) is 8.38. The van der Waals surface area contributed by atoms with Crippen LogP contribution in [0.1, 0.15) is 90.0 Å². The van der Waals surface area contributed by atoms with Gasteiger partial charge in [0, 0.05) is 25.5 Å². The van der Waals surface area contributed by atoms with E-state index in [0.29, 0.717) is 18.4 Å². The Morgan fingerprint density at radius 1 is 0.676 bits per heavy atom. The average molecular weight is 940 g/mol. The molecule has 0 spiro atoms. The van der Waals surface area contributed by atoms with Crippen LogP contribution in [0.25, 0.3) is 0 Å². The predicted molar refractivity (Wildman–Crippen MR) is 243 cm³/mol. The molecule has 68 heavy (non-hydrogen) atoms. The maximum Gasteiger partial charge on any atom is 0.338 e. The molecule has 0 aromatic heterocycles. The number of carbonyl (C=O) groups is 4. The van der Waals surface area contributed by atoms with Gasteiger partial charge in [0.2, 0.25) is 5.91 Å². The van der Waals surface area contributed by atoms with Crippen molar-refractivity contribution in [1.29, 1.82) is 0 Å². The molecule has 364 valence electrons. The normalized spacial score (nSPS) is 26.7. The van der Waals surface area contributed by atoms with Gasteiger partial charge in [0.25, 0.3) is 0 Å². The Kier molecular flexibility index (Phi) is 19.0. The number of nitrogens with one attached hydrogen (secondary N) is 1. The van der Waals surface area contributed by atoms with Crippen LogP contribution in [-0.2, 0) is 63.6 Å². The summed E-state index contributed by atoms with van der Waals surface area (Å²) in [7, 11) is 1.38. The highest BCUT2D eigenvalue weighted by atomic mass is 16.8. The van der Waals surface area contributed by atoms with E-state index < -0.39 is 85.5 Å². The predicted octanol–water partition coefficient (Wildman–Crippen LogP) is 6.39. The van der Waals surface area contributed by atoms with Gasteiger partial charge < -0.3 is 57.8 Å². The number of fused-ring (bicyclic) bond motifs is 1. The van der Waals surface area contributed by atoms with E-state index in [2.05, 4.69) is 5.32 Å². The van der Waals surface area contributed by atoms with Crippen molar-refractivity contribution in [2.75, 3.05) is 26.9 Å². The molecule has 4 aromatic rings. The monoisotopic (exact) mass is 939 g/mol. The highest BCUT2D eigenvalue weighted by Crippen LogP contribution is 2.39. The summed E-state index contributed by atoms with van der Waals surface area (Å²) in [4.78, 5) is 52.3. The molecule has 11 atom stereocenters. The maximum absolute atomic E-state index is 14.1. The molecule has 0 bridgehead atoms. The maximum atomic E-state index is 14.1. The Bertz CT molecular complexity index is 2170. The minimum atomic E-state index is -1.54. The molecule has 0 radical (unpaired) electrons. The highest BCUT2D eigenvalue weighted by Gasteiger charge is 2.57. The number of amides is 1. The quantitative estimate of drug-likeness (QED) is 0.0500. The fraction of sp³-hybridized carbons (Fsp3) is 0.462. The average Bonchev–Trinajstić information content (AvgIpc) is 3.37. The third-order valence-corrected chi connectivity index (χ3v) is 11.9. The summed E-state index contributed by atoms with van der Waals surface area (Å²) in [6.45, 7) is 1.60. The molecule has 16 nitrogen and oxygen atoms in total. The van der Waals surface area contributed by atoms with Gasteiger partial charge in [-0.1, -0.05) is 123 Å². The molecule has 0 aliphatic carbocycles. The van der Waals surface area contributed by atoms with E-state index in [1.165, 1.54) is 14.0 Å². The molecule has 3 aliphatic heterocycles. The molecule has 4 aromatic carbocycles. The minimum Gasteiger partial charge on any atom is -0.469 e. The van der Waals surface area contributed by atoms with Crippen molar-refractivity contribution in [3.63, 3.8) is 0 Å². The highest BCUT2D eigenvalue weighted by molar-refractivity contribution is 5.90. The number of unbranched alkanes of at least 4 members (excludes halogenated alkanes) is 5. The number of methoxy groups -OCH3 is 1. The number of benzene rings is 4. The van der Waals surface area contributed by atoms with Gasteiger partial charge in [-0.05, 0) is 42.7 Å². The van der Waals surface area contributed by atoms with Crippen molar-refractivity contribution >= 4 is 23.8 Å². The summed E-state index contributed by atoms with van der Waals surface area (Å²) in [5, 5.41) is 15.1. The standard InChI is InChI=1S/C52H61NO15/c1-34(54)53-42-43(56)44(39(32-60-31-35-21-11-7-12-22-35)63-51(42)61-30-20-6-4-3-5-19-29-41(55)59-2)67-52-47(66-49(58)37-25-15-9-16-26-37)46(65-48(57)36-23-13-8-14-24-36)45-40(64-52)33-62-50(68-45)38-27-17-10-18-28-38/h7-18,21-28,39-40,42-47,50-52,56H,3-6,19-20,29-33H2,1-2H3,(H,53,54)/t39-,40-,42-,43-,44-,45+,46+,47-,50?,51-,52+/m1/s1. The lowest BCUT2D eigenvalue weighted by Crippen LogP contribution is -2.69. The summed E-state index contributed by atoms with van der Waals surface area (Å²) in [5.41, 5.74) is 2.03. The first-order valence-corrected chi connectivity index (χ1v) is 23.2. The number of aliphatic hydroxyl groups excluding tert-OH is 1. The second-order valence-electron chi connectivity index (χ2n) is 16.9. The molecule has 1 amide bonds. The van der Waals surface area contributed by atoms with Gasteiger partial charge in [-0.2, -0.15) is 0 Å². The van der Waals surface area contributed by atoms with Crippen molar-refractivity contribution in [1.82, 2.24) is 5.32 Å². The van der Waals surface area contributed by atoms with Crippen LogP contribution in [-0.4, -0.2) is 117 Å². The van der Waals surface area contributed by atoms with Gasteiger partial charge >= 0.3 is 17.9 Å². The van der Waals surface area contributed by atoms with Gasteiger partial charge in [-0.25, -0.2) is 9.59 Å². The third kappa shape index (κ3) is 14.0. The number of rotatable bonds is 22. The number of hydrogen-bond donors (Lipinski definition) is 2. The fourth-order valence-corrected chi connectivity index (χ4v) is 8.38. The van der Waals surface area contributed by atoms with Crippen LogP contribution in [0.2, 0.25) is 0 Å². The Labute approximate surface area is 396 Å². The van der Waals surface area contributed by atoms with Gasteiger partial charge in [-0.15, -0.1) is 0 Å². The molecule has 3 saturated heterocycles. The lowest BCUT2D eigenvalue weighted by Gasteiger charge is -2.50. The zero-order valence-corrected chi connectivity index (χ0v) is 38.3. The minimum absolute atomic E-state index is 0.0475. The molecular formula is C52H61NO15. The first-order chi connectivity index (χ1) is 33.2. The van der Waals surface area contributed by atoms with Crippen LogP contribution in [0.5, 0.6) is 0 Å². The smallest absolute Gasteiger partial charge is 0.338 e. The van der Waals surface area contributed by atoms with E-state index in [1.807, 2.05) is 60.7 Å². The van der Waals surface area contributed by atoms with E-state index in [-0.39, 0.29) is 43.5 Å². The van der Waals surface area contributed by atoms with Crippen molar-refractivity contribution < 1.29 is 71.7 Å². The summed E-state index contributed by atoms with van der Waals surface area (Å²) in [6, 6.07) is 34.2. The molecule has 0 saturated carbocycles. The molecule has 2 N–H and O–H groups in total. The molecule has 3 aliphatic rings. The second-order valence-corrected chi connectivity index (χ2v) is 16.9. The summed E-state index contributed by atoms with van der Waals surface area (Å²) in [5.74, 6) is -2.17. The van der Waals surface area contributed by atoms with Gasteiger partial charge in [-0.3, -0.25) is 9.59 Å². The summed E-state index contributed by atoms with van der Waals surface area (Å²) in [6.07, 6.45) is -6.86. The second kappa shape index (κ2) is 25.7. The Morgan fingerprint density at radius 3 is 1.90 bits per heavy atom. The number of aliphatic hydroxyl groups is 1. The first-order valence-electron chi connectivity index (χ1n) is 23.2. The molecular weight excluding hydrogens is 879 g/mol.